The first-order chi connectivity index (χ1) is 6.29. The van der Waals surface area contributed by atoms with Gasteiger partial charge in [-0.3, -0.25) is 0 Å². The zero-order valence-corrected chi connectivity index (χ0v) is 8.16. The molecule has 0 spiro atoms. The summed E-state index contributed by atoms with van der Waals surface area (Å²) in [5, 5.41) is 6.29. The quantitative estimate of drug-likeness (QED) is 0.544. The topological polar surface area (TPSA) is 41.6 Å². The normalized spacial score (nSPS) is 20.4. The van der Waals surface area contributed by atoms with Crippen molar-refractivity contribution in [3.63, 3.8) is 0 Å². The Morgan fingerprint density at radius 1 is 1.38 bits per heavy atom. The summed E-state index contributed by atoms with van der Waals surface area (Å²) in [6.45, 7) is 0. The maximum absolute atomic E-state index is 5.84. The second kappa shape index (κ2) is 3.22. The highest BCUT2D eigenvalue weighted by Crippen LogP contribution is 2.31. The largest absolute Gasteiger partial charge is 0.397 e. The van der Waals surface area contributed by atoms with Crippen molar-refractivity contribution >= 4 is 33.6 Å². The van der Waals surface area contributed by atoms with Gasteiger partial charge in [-0.2, -0.15) is 5.10 Å². The Balaban J connectivity index is 2.42. The maximum Gasteiger partial charge on any atom is 0.0946 e. The first-order valence-corrected chi connectivity index (χ1v) is 5.61. The number of benzene rings is 1. The van der Waals surface area contributed by atoms with E-state index in [0.29, 0.717) is 0 Å². The van der Waals surface area contributed by atoms with Gasteiger partial charge in [0.25, 0.3) is 0 Å². The van der Waals surface area contributed by atoms with Gasteiger partial charge < -0.3 is 5.73 Å². The first kappa shape index (κ1) is 8.31. The summed E-state index contributed by atoms with van der Waals surface area (Å²) in [6.07, 6.45) is 3.93. The molecule has 1 aromatic carbocycles. The van der Waals surface area contributed by atoms with Crippen molar-refractivity contribution < 1.29 is 0 Å². The third-order valence-corrected chi connectivity index (χ3v) is 3.20. The predicted molar refractivity (Wildman–Crippen MR) is 61.4 cm³/mol. The van der Waals surface area contributed by atoms with Gasteiger partial charge in [0.1, 0.15) is 0 Å². The molecular formula is C9H11N3S. The second-order valence-electron chi connectivity index (χ2n) is 2.76. The van der Waals surface area contributed by atoms with E-state index >= 15 is 0 Å². The average Bonchev–Trinajstić information content (AvgIpc) is 2.52. The van der Waals surface area contributed by atoms with Gasteiger partial charge in [0.15, 0.2) is 0 Å². The van der Waals surface area contributed by atoms with E-state index in [1.807, 2.05) is 34.9 Å². The molecule has 1 atom stereocenters. The number of rotatable bonds is 1. The smallest absolute Gasteiger partial charge is 0.0946 e. The highest BCUT2D eigenvalue weighted by Gasteiger charge is 2.10. The van der Waals surface area contributed by atoms with Crippen LogP contribution < -0.4 is 10.1 Å². The molecule has 1 aliphatic heterocycles. The zero-order valence-electron chi connectivity index (χ0n) is 7.34. The number of nitrogens with zero attached hydrogens (tertiary/aromatic N) is 2. The van der Waals surface area contributed by atoms with E-state index in [2.05, 4.69) is 16.7 Å². The molecule has 2 rings (SSSR count). The summed E-state index contributed by atoms with van der Waals surface area (Å²) in [7, 11) is 0.0342. The van der Waals surface area contributed by atoms with Crippen LogP contribution in [0.5, 0.6) is 0 Å². The van der Waals surface area contributed by atoms with Gasteiger partial charge in [0.2, 0.25) is 0 Å². The SMILES string of the molecule is CS1=CC=NN1c1ccccc1N. The molecule has 1 heterocycles. The summed E-state index contributed by atoms with van der Waals surface area (Å²) >= 11 is 0. The van der Waals surface area contributed by atoms with Crippen LogP contribution in [0.1, 0.15) is 0 Å². The summed E-state index contributed by atoms with van der Waals surface area (Å²) in [5.41, 5.74) is 7.59. The lowest BCUT2D eigenvalue weighted by Gasteiger charge is -2.17. The van der Waals surface area contributed by atoms with Crippen molar-refractivity contribution in [2.75, 3.05) is 16.4 Å². The van der Waals surface area contributed by atoms with E-state index < -0.39 is 0 Å². The molecule has 0 fully saturated rings. The van der Waals surface area contributed by atoms with E-state index in [9.17, 15) is 0 Å². The van der Waals surface area contributed by atoms with Crippen LogP contribution in [0.2, 0.25) is 0 Å². The van der Waals surface area contributed by atoms with E-state index in [0.717, 1.165) is 11.4 Å². The standard InChI is InChI=1S/C9H11N3S/c1-13-7-6-11-12(13)9-5-3-2-4-8(9)10/h2-7H,10H2,1H3. The van der Waals surface area contributed by atoms with Gasteiger partial charge in [-0.1, -0.05) is 22.8 Å². The molecule has 1 aliphatic rings. The Bertz CT molecular complexity index is 384. The fraction of sp³-hybridized carbons (Fsp3) is 0.111. The van der Waals surface area contributed by atoms with Gasteiger partial charge in [-0.05, 0) is 18.4 Å². The monoisotopic (exact) mass is 193 g/mol. The predicted octanol–water partition coefficient (Wildman–Crippen LogP) is 1.69. The Morgan fingerprint density at radius 2 is 2.15 bits per heavy atom. The van der Waals surface area contributed by atoms with Crippen LogP contribution in [0.4, 0.5) is 11.4 Å². The van der Waals surface area contributed by atoms with Gasteiger partial charge in [0.05, 0.1) is 17.6 Å². The summed E-state index contributed by atoms with van der Waals surface area (Å²) in [5.74, 6) is 0. The molecule has 0 aliphatic carbocycles. The van der Waals surface area contributed by atoms with Crippen LogP contribution in [0.15, 0.2) is 29.4 Å². The van der Waals surface area contributed by atoms with Gasteiger partial charge >= 0.3 is 0 Å². The molecule has 68 valence electrons. The lowest BCUT2D eigenvalue weighted by molar-refractivity contribution is 1.23. The molecule has 0 saturated heterocycles. The molecule has 3 nitrogen and oxygen atoms in total. The van der Waals surface area contributed by atoms with Crippen LogP contribution in [0.25, 0.3) is 0 Å². The Labute approximate surface area is 79.9 Å². The van der Waals surface area contributed by atoms with Crippen molar-refractivity contribution in [3.8, 4) is 0 Å². The van der Waals surface area contributed by atoms with Crippen molar-refractivity contribution in [1.29, 1.82) is 0 Å². The molecule has 0 amide bonds. The Hall–Kier alpha value is -1.29. The fourth-order valence-electron chi connectivity index (χ4n) is 1.19. The van der Waals surface area contributed by atoms with E-state index in [1.54, 1.807) is 0 Å². The second-order valence-corrected chi connectivity index (χ2v) is 4.42. The minimum absolute atomic E-state index is 0.0342. The van der Waals surface area contributed by atoms with E-state index in [1.165, 1.54) is 0 Å². The van der Waals surface area contributed by atoms with Crippen LogP contribution in [-0.2, 0) is 0 Å². The number of nitrogen functional groups attached to an aromatic ring is 1. The van der Waals surface area contributed by atoms with Crippen molar-refractivity contribution in [3.05, 3.63) is 24.3 Å². The van der Waals surface area contributed by atoms with Crippen LogP contribution >= 0.6 is 10.7 Å². The Morgan fingerprint density at radius 3 is 2.77 bits per heavy atom. The molecule has 0 bridgehead atoms. The molecule has 0 aromatic heterocycles. The minimum atomic E-state index is 0.0342. The Kier molecular flexibility index (Phi) is 2.06. The number of anilines is 2. The number of hydrogen-bond acceptors (Lipinski definition) is 3. The average molecular weight is 193 g/mol. The lowest BCUT2D eigenvalue weighted by atomic mass is 10.3. The minimum Gasteiger partial charge on any atom is -0.397 e. The summed E-state index contributed by atoms with van der Waals surface area (Å²) in [6, 6.07) is 7.77. The first-order valence-electron chi connectivity index (χ1n) is 3.96. The summed E-state index contributed by atoms with van der Waals surface area (Å²) < 4.78 is 1.94. The molecule has 0 saturated carbocycles. The number of hydrazone groups is 1. The van der Waals surface area contributed by atoms with Gasteiger partial charge in [-0.15, -0.1) is 0 Å². The van der Waals surface area contributed by atoms with Crippen LogP contribution in [0, 0.1) is 0 Å². The fourth-order valence-corrected chi connectivity index (χ4v) is 2.21. The van der Waals surface area contributed by atoms with Crippen molar-refractivity contribution in [2.24, 2.45) is 5.10 Å². The third kappa shape index (κ3) is 1.45. The molecule has 0 radical (unpaired) electrons. The molecule has 1 aromatic rings. The van der Waals surface area contributed by atoms with E-state index in [4.69, 9.17) is 5.73 Å². The number of hydrogen-bond donors (Lipinski definition) is 1. The molecule has 2 N–H and O–H groups in total. The summed E-state index contributed by atoms with van der Waals surface area (Å²) in [4.78, 5) is 0. The van der Waals surface area contributed by atoms with Gasteiger partial charge in [-0.25, -0.2) is 4.41 Å². The maximum atomic E-state index is 5.84. The van der Waals surface area contributed by atoms with Crippen LogP contribution in [-0.4, -0.2) is 17.8 Å². The molecular weight excluding hydrogens is 182 g/mol. The molecule has 1 unspecified atom stereocenters. The van der Waals surface area contributed by atoms with Gasteiger partial charge in [0, 0.05) is 5.37 Å². The van der Waals surface area contributed by atoms with Crippen molar-refractivity contribution in [2.45, 2.75) is 0 Å². The highest BCUT2D eigenvalue weighted by molar-refractivity contribution is 8.16. The number of para-hydroxylation sites is 2. The molecule has 4 heteroatoms. The zero-order chi connectivity index (χ0) is 9.26. The van der Waals surface area contributed by atoms with Crippen LogP contribution in [0.3, 0.4) is 0 Å². The highest BCUT2D eigenvalue weighted by atomic mass is 32.2. The lowest BCUT2D eigenvalue weighted by Crippen LogP contribution is -2.06. The molecule has 13 heavy (non-hydrogen) atoms. The van der Waals surface area contributed by atoms with Crippen molar-refractivity contribution in [1.82, 2.24) is 0 Å². The number of nitrogens with two attached hydrogens (primary N) is 1. The third-order valence-electron chi connectivity index (χ3n) is 1.84. The van der Waals surface area contributed by atoms with E-state index in [-0.39, 0.29) is 10.7 Å².